The Hall–Kier alpha value is -1.17. The molecule has 1 aliphatic rings. The topological polar surface area (TPSA) is 58.7 Å². The normalized spacial score (nSPS) is 20.6. The Bertz CT molecular complexity index is 387. The third-order valence-electron chi connectivity index (χ3n) is 2.94. The molecule has 1 aromatic rings. The van der Waals surface area contributed by atoms with Gasteiger partial charge in [-0.25, -0.2) is 4.39 Å². The Morgan fingerprint density at radius 1 is 1.53 bits per heavy atom. The molecular formula is C12H17FN2O2. The lowest BCUT2D eigenvalue weighted by Gasteiger charge is -2.34. The molecule has 1 heterocycles. The Balaban J connectivity index is 2.20. The summed E-state index contributed by atoms with van der Waals surface area (Å²) in [5.41, 5.74) is 7.33. The molecule has 1 unspecified atom stereocenters. The van der Waals surface area contributed by atoms with Gasteiger partial charge in [-0.3, -0.25) is 0 Å². The molecule has 1 aromatic carbocycles. The summed E-state index contributed by atoms with van der Waals surface area (Å²) in [6, 6.07) is 4.62. The van der Waals surface area contributed by atoms with Gasteiger partial charge in [-0.15, -0.1) is 0 Å². The summed E-state index contributed by atoms with van der Waals surface area (Å²) in [7, 11) is 0. The molecule has 0 saturated carbocycles. The molecule has 1 saturated heterocycles. The van der Waals surface area contributed by atoms with Crippen LogP contribution in [-0.2, 0) is 11.3 Å². The van der Waals surface area contributed by atoms with Crippen LogP contribution in [0.25, 0.3) is 0 Å². The number of hydrogen-bond donors (Lipinski definition) is 2. The van der Waals surface area contributed by atoms with E-state index in [2.05, 4.69) is 4.90 Å². The van der Waals surface area contributed by atoms with Gasteiger partial charge in [0, 0.05) is 25.3 Å². The predicted molar refractivity (Wildman–Crippen MR) is 63.3 cm³/mol. The lowest BCUT2D eigenvalue weighted by atomic mass is 10.1. The molecule has 4 nitrogen and oxygen atoms in total. The maximum atomic E-state index is 13.1. The van der Waals surface area contributed by atoms with Crippen molar-refractivity contribution in [3.8, 4) is 0 Å². The van der Waals surface area contributed by atoms with Gasteiger partial charge >= 0.3 is 0 Å². The zero-order valence-corrected chi connectivity index (χ0v) is 9.60. The van der Waals surface area contributed by atoms with Crippen LogP contribution < -0.4 is 10.6 Å². The van der Waals surface area contributed by atoms with Crippen molar-refractivity contribution in [2.75, 3.05) is 31.2 Å². The average Bonchev–Trinajstić information content (AvgIpc) is 2.38. The van der Waals surface area contributed by atoms with E-state index in [-0.39, 0.29) is 18.5 Å². The van der Waals surface area contributed by atoms with Crippen LogP contribution in [0.1, 0.15) is 5.56 Å². The molecule has 94 valence electrons. The van der Waals surface area contributed by atoms with Crippen LogP contribution >= 0.6 is 0 Å². The van der Waals surface area contributed by atoms with E-state index in [0.29, 0.717) is 19.7 Å². The van der Waals surface area contributed by atoms with Gasteiger partial charge in [0.15, 0.2) is 0 Å². The highest BCUT2D eigenvalue weighted by Crippen LogP contribution is 2.23. The number of aliphatic hydroxyl groups excluding tert-OH is 1. The fraction of sp³-hybridized carbons (Fsp3) is 0.500. The number of benzene rings is 1. The molecule has 17 heavy (non-hydrogen) atoms. The zero-order valence-electron chi connectivity index (χ0n) is 9.60. The summed E-state index contributed by atoms with van der Waals surface area (Å²) in [4.78, 5) is 2.08. The maximum Gasteiger partial charge on any atom is 0.123 e. The van der Waals surface area contributed by atoms with Gasteiger partial charge in [-0.05, 0) is 23.8 Å². The number of aliphatic hydroxyl groups is 1. The highest BCUT2D eigenvalue weighted by molar-refractivity contribution is 5.54. The van der Waals surface area contributed by atoms with Gasteiger partial charge in [0.1, 0.15) is 5.82 Å². The summed E-state index contributed by atoms with van der Waals surface area (Å²) in [6.07, 6.45) is -0.181. The lowest BCUT2D eigenvalue weighted by molar-refractivity contribution is 0.00352. The second kappa shape index (κ2) is 5.44. The summed E-state index contributed by atoms with van der Waals surface area (Å²) in [6.45, 7) is 2.20. The molecule has 0 radical (unpaired) electrons. The van der Waals surface area contributed by atoms with Crippen molar-refractivity contribution in [1.29, 1.82) is 0 Å². The van der Waals surface area contributed by atoms with E-state index >= 15 is 0 Å². The number of ether oxygens (including phenoxy) is 1. The van der Waals surface area contributed by atoms with E-state index in [0.717, 1.165) is 17.8 Å². The first kappa shape index (κ1) is 12.3. The van der Waals surface area contributed by atoms with E-state index in [9.17, 15) is 4.39 Å². The largest absolute Gasteiger partial charge is 0.394 e. The van der Waals surface area contributed by atoms with Crippen LogP contribution in [-0.4, -0.2) is 37.5 Å². The number of halogens is 1. The molecule has 2 rings (SSSR count). The van der Waals surface area contributed by atoms with E-state index in [1.807, 2.05) is 0 Å². The van der Waals surface area contributed by atoms with Gasteiger partial charge in [0.25, 0.3) is 0 Å². The van der Waals surface area contributed by atoms with E-state index in [1.165, 1.54) is 12.1 Å². The molecule has 5 heteroatoms. The van der Waals surface area contributed by atoms with Gasteiger partial charge in [0.2, 0.25) is 0 Å². The number of anilines is 1. The molecule has 3 N–H and O–H groups in total. The molecule has 0 aromatic heterocycles. The Labute approximate surface area is 99.8 Å². The fourth-order valence-electron chi connectivity index (χ4n) is 2.07. The first-order valence-corrected chi connectivity index (χ1v) is 5.70. The predicted octanol–water partition coefficient (Wildman–Crippen LogP) is 0.482. The van der Waals surface area contributed by atoms with Crippen molar-refractivity contribution in [2.45, 2.75) is 12.6 Å². The third kappa shape index (κ3) is 2.74. The van der Waals surface area contributed by atoms with E-state index in [4.69, 9.17) is 15.6 Å². The number of rotatable bonds is 3. The smallest absolute Gasteiger partial charge is 0.123 e. The minimum atomic E-state index is -0.277. The highest BCUT2D eigenvalue weighted by Gasteiger charge is 2.21. The lowest BCUT2D eigenvalue weighted by Crippen LogP contribution is -2.44. The Kier molecular flexibility index (Phi) is 3.93. The molecule has 0 bridgehead atoms. The minimum Gasteiger partial charge on any atom is -0.394 e. The van der Waals surface area contributed by atoms with Crippen molar-refractivity contribution >= 4 is 5.69 Å². The molecule has 1 fully saturated rings. The van der Waals surface area contributed by atoms with Gasteiger partial charge in [-0.1, -0.05) is 0 Å². The van der Waals surface area contributed by atoms with Crippen molar-refractivity contribution in [2.24, 2.45) is 5.73 Å². The van der Waals surface area contributed by atoms with Crippen LogP contribution in [0, 0.1) is 5.82 Å². The van der Waals surface area contributed by atoms with E-state index < -0.39 is 0 Å². The zero-order chi connectivity index (χ0) is 12.3. The number of nitrogens with zero attached hydrogens (tertiary/aromatic N) is 1. The van der Waals surface area contributed by atoms with Gasteiger partial charge < -0.3 is 20.5 Å². The highest BCUT2D eigenvalue weighted by atomic mass is 19.1. The first-order chi connectivity index (χ1) is 8.24. The summed E-state index contributed by atoms with van der Waals surface area (Å²) >= 11 is 0. The SMILES string of the molecule is NCc1cc(F)ccc1N1CCOC(CO)C1. The monoisotopic (exact) mass is 240 g/mol. The standard InChI is InChI=1S/C12H17FN2O2/c13-10-1-2-12(9(5-10)6-14)15-3-4-17-11(7-15)8-16/h1-2,5,11,16H,3-4,6-8,14H2. The van der Waals surface area contributed by atoms with Crippen LogP contribution in [0.5, 0.6) is 0 Å². The number of hydrogen-bond acceptors (Lipinski definition) is 4. The Morgan fingerprint density at radius 3 is 3.06 bits per heavy atom. The van der Waals surface area contributed by atoms with Crippen molar-refractivity contribution < 1.29 is 14.2 Å². The van der Waals surface area contributed by atoms with Crippen LogP contribution in [0.2, 0.25) is 0 Å². The van der Waals surface area contributed by atoms with Crippen molar-refractivity contribution in [3.63, 3.8) is 0 Å². The second-order valence-electron chi connectivity index (χ2n) is 4.10. The van der Waals surface area contributed by atoms with Gasteiger partial charge in [0.05, 0.1) is 19.3 Å². The quantitative estimate of drug-likeness (QED) is 0.807. The molecular weight excluding hydrogens is 223 g/mol. The second-order valence-corrected chi connectivity index (χ2v) is 4.10. The number of nitrogens with two attached hydrogens (primary N) is 1. The minimum absolute atomic E-state index is 0.00431. The average molecular weight is 240 g/mol. The summed E-state index contributed by atoms with van der Waals surface area (Å²) < 4.78 is 18.5. The third-order valence-corrected chi connectivity index (χ3v) is 2.94. The maximum absolute atomic E-state index is 13.1. The summed E-state index contributed by atoms with van der Waals surface area (Å²) in [5, 5.41) is 9.09. The van der Waals surface area contributed by atoms with Crippen molar-refractivity contribution in [1.82, 2.24) is 0 Å². The number of morpholine rings is 1. The first-order valence-electron chi connectivity index (χ1n) is 5.70. The summed E-state index contributed by atoms with van der Waals surface area (Å²) in [5.74, 6) is -0.277. The molecule has 0 spiro atoms. The molecule has 1 atom stereocenters. The molecule has 0 aliphatic carbocycles. The molecule has 1 aliphatic heterocycles. The van der Waals surface area contributed by atoms with E-state index in [1.54, 1.807) is 6.07 Å². The van der Waals surface area contributed by atoms with Gasteiger partial charge in [-0.2, -0.15) is 0 Å². The molecule has 0 amide bonds. The van der Waals surface area contributed by atoms with Crippen LogP contribution in [0.4, 0.5) is 10.1 Å². The van der Waals surface area contributed by atoms with Crippen LogP contribution in [0.15, 0.2) is 18.2 Å². The fourth-order valence-corrected chi connectivity index (χ4v) is 2.07. The van der Waals surface area contributed by atoms with Crippen LogP contribution in [0.3, 0.4) is 0 Å². The van der Waals surface area contributed by atoms with Crippen molar-refractivity contribution in [3.05, 3.63) is 29.6 Å². The Morgan fingerprint density at radius 2 is 2.35 bits per heavy atom.